The van der Waals surface area contributed by atoms with Gasteiger partial charge in [-0.1, -0.05) is 20.8 Å². The Morgan fingerprint density at radius 1 is 1.30 bits per heavy atom. The second-order valence-electron chi connectivity index (χ2n) is 5.11. The second kappa shape index (κ2) is 7.53. The van der Waals surface area contributed by atoms with Crippen LogP contribution in [0, 0.1) is 5.92 Å². The standard InChI is InChI=1S/C12H24N2O6/c1-4-7(16)9(17)12(5-15,11(19)20)14-10(18)8(13)6(2)3/h6-9,15-17H,4-5,13H2,1-3H3,(H,14,18)(H,19,20)/t7?,8-,9?,12?/m0/s1. The summed E-state index contributed by atoms with van der Waals surface area (Å²) in [6.45, 7) is 3.79. The van der Waals surface area contributed by atoms with Gasteiger partial charge in [0.05, 0.1) is 18.8 Å². The van der Waals surface area contributed by atoms with E-state index in [2.05, 4.69) is 5.32 Å². The summed E-state index contributed by atoms with van der Waals surface area (Å²) in [6.07, 6.45) is -3.21. The molecule has 20 heavy (non-hydrogen) atoms. The van der Waals surface area contributed by atoms with Crippen LogP contribution >= 0.6 is 0 Å². The summed E-state index contributed by atoms with van der Waals surface area (Å²) < 4.78 is 0. The van der Waals surface area contributed by atoms with Crippen LogP contribution in [0.4, 0.5) is 0 Å². The molecule has 0 aliphatic rings. The lowest BCUT2D eigenvalue weighted by Crippen LogP contribution is -2.69. The Balaban J connectivity index is 5.36. The van der Waals surface area contributed by atoms with Crippen molar-refractivity contribution in [2.75, 3.05) is 6.61 Å². The van der Waals surface area contributed by atoms with Gasteiger partial charge in [-0.15, -0.1) is 0 Å². The van der Waals surface area contributed by atoms with Gasteiger partial charge in [0.15, 0.2) is 5.54 Å². The molecule has 3 unspecified atom stereocenters. The van der Waals surface area contributed by atoms with E-state index < -0.39 is 42.3 Å². The van der Waals surface area contributed by atoms with Gasteiger partial charge in [-0.05, 0) is 12.3 Å². The van der Waals surface area contributed by atoms with E-state index in [1.807, 2.05) is 0 Å². The Labute approximate surface area is 117 Å². The molecular formula is C12H24N2O6. The predicted molar refractivity (Wildman–Crippen MR) is 70.7 cm³/mol. The van der Waals surface area contributed by atoms with E-state index in [4.69, 9.17) is 5.73 Å². The van der Waals surface area contributed by atoms with E-state index in [0.29, 0.717) is 0 Å². The average molecular weight is 292 g/mol. The first kappa shape index (κ1) is 18.8. The average Bonchev–Trinajstić information content (AvgIpc) is 2.41. The van der Waals surface area contributed by atoms with Crippen LogP contribution in [-0.4, -0.2) is 62.7 Å². The van der Waals surface area contributed by atoms with Crippen LogP contribution in [0.1, 0.15) is 27.2 Å². The van der Waals surface area contributed by atoms with Gasteiger partial charge in [-0.2, -0.15) is 0 Å². The van der Waals surface area contributed by atoms with E-state index >= 15 is 0 Å². The van der Waals surface area contributed by atoms with Crippen molar-refractivity contribution in [2.24, 2.45) is 11.7 Å². The number of carbonyl (C=O) groups is 2. The lowest BCUT2D eigenvalue weighted by molar-refractivity contribution is -0.162. The fourth-order valence-electron chi connectivity index (χ4n) is 1.61. The number of carboxylic acids is 1. The maximum atomic E-state index is 11.9. The third-order valence-electron chi connectivity index (χ3n) is 3.29. The van der Waals surface area contributed by atoms with Gasteiger partial charge in [0, 0.05) is 0 Å². The first-order valence-electron chi connectivity index (χ1n) is 6.42. The molecule has 0 heterocycles. The molecule has 0 aromatic carbocycles. The Morgan fingerprint density at radius 3 is 2.10 bits per heavy atom. The van der Waals surface area contributed by atoms with Crippen LogP contribution in [0.25, 0.3) is 0 Å². The van der Waals surface area contributed by atoms with Crippen molar-refractivity contribution < 1.29 is 30.0 Å². The van der Waals surface area contributed by atoms with Crippen molar-refractivity contribution in [3.8, 4) is 0 Å². The number of nitrogens with two attached hydrogens (primary N) is 1. The minimum Gasteiger partial charge on any atom is -0.479 e. The monoisotopic (exact) mass is 292 g/mol. The Bertz CT molecular complexity index is 349. The van der Waals surface area contributed by atoms with Crippen LogP contribution in [-0.2, 0) is 9.59 Å². The summed E-state index contributed by atoms with van der Waals surface area (Å²) in [5.74, 6) is -2.73. The van der Waals surface area contributed by atoms with E-state index in [0.717, 1.165) is 0 Å². The van der Waals surface area contributed by atoms with E-state index in [-0.39, 0.29) is 12.3 Å². The van der Waals surface area contributed by atoms with E-state index in [1.165, 1.54) is 6.92 Å². The number of rotatable bonds is 8. The molecule has 8 nitrogen and oxygen atoms in total. The molecule has 0 fully saturated rings. The zero-order valence-corrected chi connectivity index (χ0v) is 11.9. The molecular weight excluding hydrogens is 268 g/mol. The van der Waals surface area contributed by atoms with Crippen molar-refractivity contribution >= 4 is 11.9 Å². The molecule has 0 spiro atoms. The van der Waals surface area contributed by atoms with E-state index in [9.17, 15) is 30.0 Å². The van der Waals surface area contributed by atoms with Gasteiger partial charge < -0.3 is 31.5 Å². The molecule has 0 aromatic rings. The highest BCUT2D eigenvalue weighted by Crippen LogP contribution is 2.17. The molecule has 0 rings (SSSR count). The van der Waals surface area contributed by atoms with Crippen LogP contribution in [0.2, 0.25) is 0 Å². The molecule has 0 aromatic heterocycles. The summed E-state index contributed by atoms with van der Waals surface area (Å²) >= 11 is 0. The van der Waals surface area contributed by atoms with Gasteiger partial charge in [0.1, 0.15) is 6.10 Å². The molecule has 0 radical (unpaired) electrons. The van der Waals surface area contributed by atoms with Crippen molar-refractivity contribution in [3.63, 3.8) is 0 Å². The lowest BCUT2D eigenvalue weighted by atomic mass is 9.87. The highest BCUT2D eigenvalue weighted by molar-refractivity contribution is 5.90. The molecule has 4 atom stereocenters. The number of amides is 1. The fraction of sp³-hybridized carbons (Fsp3) is 0.833. The van der Waals surface area contributed by atoms with Crippen molar-refractivity contribution in [3.05, 3.63) is 0 Å². The number of carboxylic acid groups (broad SMARTS) is 1. The first-order valence-corrected chi connectivity index (χ1v) is 6.42. The zero-order valence-electron chi connectivity index (χ0n) is 11.9. The number of hydrogen-bond donors (Lipinski definition) is 6. The number of hydrogen-bond acceptors (Lipinski definition) is 6. The zero-order chi connectivity index (χ0) is 16.1. The molecule has 0 aliphatic carbocycles. The summed E-state index contributed by atoms with van der Waals surface area (Å²) in [4.78, 5) is 23.2. The molecule has 118 valence electrons. The summed E-state index contributed by atoms with van der Waals surface area (Å²) in [7, 11) is 0. The number of aliphatic hydroxyl groups excluding tert-OH is 3. The van der Waals surface area contributed by atoms with Crippen LogP contribution in [0.3, 0.4) is 0 Å². The molecule has 7 N–H and O–H groups in total. The SMILES string of the molecule is CCC(O)C(O)C(CO)(NC(=O)[C@@H](N)C(C)C)C(=O)O. The summed E-state index contributed by atoms with van der Waals surface area (Å²) in [5.41, 5.74) is 3.21. The van der Waals surface area contributed by atoms with E-state index in [1.54, 1.807) is 13.8 Å². The number of aliphatic carboxylic acids is 1. The van der Waals surface area contributed by atoms with Gasteiger partial charge >= 0.3 is 5.97 Å². The summed E-state index contributed by atoms with van der Waals surface area (Å²) in [5, 5.41) is 40.1. The quantitative estimate of drug-likeness (QED) is 0.303. The topological polar surface area (TPSA) is 153 Å². The molecule has 0 saturated carbocycles. The van der Waals surface area contributed by atoms with Gasteiger partial charge in [-0.3, -0.25) is 4.79 Å². The Hall–Kier alpha value is -1.22. The smallest absolute Gasteiger partial charge is 0.334 e. The second-order valence-corrected chi connectivity index (χ2v) is 5.11. The fourth-order valence-corrected chi connectivity index (χ4v) is 1.61. The minimum absolute atomic E-state index is 0.0578. The van der Waals surface area contributed by atoms with Crippen LogP contribution < -0.4 is 11.1 Å². The van der Waals surface area contributed by atoms with Crippen molar-refractivity contribution in [1.29, 1.82) is 0 Å². The highest BCUT2D eigenvalue weighted by atomic mass is 16.4. The lowest BCUT2D eigenvalue weighted by Gasteiger charge is -2.36. The normalized spacial score (nSPS) is 19.0. The first-order chi connectivity index (χ1) is 9.13. The largest absolute Gasteiger partial charge is 0.479 e. The Morgan fingerprint density at radius 2 is 1.80 bits per heavy atom. The maximum Gasteiger partial charge on any atom is 0.334 e. The molecule has 1 amide bonds. The van der Waals surface area contributed by atoms with Crippen LogP contribution in [0.5, 0.6) is 0 Å². The molecule has 0 bridgehead atoms. The highest BCUT2D eigenvalue weighted by Gasteiger charge is 2.49. The van der Waals surface area contributed by atoms with Crippen LogP contribution in [0.15, 0.2) is 0 Å². The van der Waals surface area contributed by atoms with Gasteiger partial charge in [0.25, 0.3) is 0 Å². The van der Waals surface area contributed by atoms with Crippen molar-refractivity contribution in [2.45, 2.75) is 51.0 Å². The minimum atomic E-state index is -2.39. The molecule has 0 saturated heterocycles. The number of aliphatic hydroxyl groups is 3. The molecule has 0 aliphatic heterocycles. The predicted octanol–water partition coefficient (Wildman–Crippen LogP) is -1.97. The Kier molecular flexibility index (Phi) is 7.07. The van der Waals surface area contributed by atoms with Gasteiger partial charge in [-0.25, -0.2) is 4.79 Å². The summed E-state index contributed by atoms with van der Waals surface area (Å²) in [6, 6.07) is -0.994. The maximum absolute atomic E-state index is 11.9. The third kappa shape index (κ3) is 3.89. The molecule has 8 heteroatoms. The third-order valence-corrected chi connectivity index (χ3v) is 3.29. The van der Waals surface area contributed by atoms with Gasteiger partial charge in [0.2, 0.25) is 5.91 Å². The van der Waals surface area contributed by atoms with Crippen molar-refractivity contribution in [1.82, 2.24) is 5.32 Å². The number of nitrogens with one attached hydrogen (secondary N) is 1. The number of carbonyl (C=O) groups excluding carboxylic acids is 1.